The minimum absolute atomic E-state index is 0.0330. The molecule has 0 atom stereocenters. The molecule has 148 valence electrons. The zero-order valence-corrected chi connectivity index (χ0v) is 17.3. The molecule has 3 nitrogen and oxygen atoms in total. The number of carbonyl (C=O) groups excluding carboxylic acids is 2. The molecule has 1 N–H and O–H groups in total. The third-order valence-electron chi connectivity index (χ3n) is 5.62. The van der Waals surface area contributed by atoms with Crippen molar-refractivity contribution in [1.29, 1.82) is 0 Å². The molecule has 1 aliphatic carbocycles. The van der Waals surface area contributed by atoms with E-state index in [9.17, 15) is 9.59 Å². The smallest absolute Gasteiger partial charge is 0.227 e. The molecule has 0 spiro atoms. The topological polar surface area (TPSA) is 46.2 Å². The highest BCUT2D eigenvalue weighted by atomic mass is 16.2. The maximum atomic E-state index is 13.0. The zero-order valence-electron chi connectivity index (χ0n) is 17.3. The monoisotopic (exact) mass is 377 g/mol. The second-order valence-corrected chi connectivity index (χ2v) is 8.92. The number of rotatable bonds is 5. The van der Waals surface area contributed by atoms with Crippen LogP contribution in [0.1, 0.15) is 74.4 Å². The summed E-state index contributed by atoms with van der Waals surface area (Å²) < 4.78 is 0. The van der Waals surface area contributed by atoms with Gasteiger partial charge in [-0.3, -0.25) is 9.59 Å². The fraction of sp³-hybridized carbons (Fsp3) is 0.440. The van der Waals surface area contributed by atoms with E-state index in [2.05, 4.69) is 38.2 Å². The molecule has 2 aromatic rings. The van der Waals surface area contributed by atoms with Crippen LogP contribution in [0.2, 0.25) is 0 Å². The van der Waals surface area contributed by atoms with E-state index in [-0.39, 0.29) is 23.0 Å². The van der Waals surface area contributed by atoms with Crippen LogP contribution in [-0.4, -0.2) is 11.7 Å². The Kier molecular flexibility index (Phi) is 6.33. The molecule has 2 aromatic carbocycles. The summed E-state index contributed by atoms with van der Waals surface area (Å²) in [6.07, 6.45) is 5.67. The first-order chi connectivity index (χ1) is 13.3. The van der Waals surface area contributed by atoms with E-state index < -0.39 is 0 Å². The minimum Gasteiger partial charge on any atom is -0.325 e. The molecule has 0 aliphatic heterocycles. The molecule has 0 unspecified atom stereocenters. The maximum Gasteiger partial charge on any atom is 0.227 e. The molecule has 0 heterocycles. The van der Waals surface area contributed by atoms with Crippen molar-refractivity contribution < 1.29 is 9.59 Å². The van der Waals surface area contributed by atoms with E-state index in [1.807, 2.05) is 36.4 Å². The molecule has 0 aromatic heterocycles. The summed E-state index contributed by atoms with van der Waals surface area (Å²) in [7, 11) is 0. The van der Waals surface area contributed by atoms with Gasteiger partial charge < -0.3 is 5.32 Å². The van der Waals surface area contributed by atoms with Gasteiger partial charge in [-0.05, 0) is 41.5 Å². The first-order valence-electron chi connectivity index (χ1n) is 10.4. The maximum absolute atomic E-state index is 13.0. The van der Waals surface area contributed by atoms with E-state index in [0.29, 0.717) is 17.7 Å². The van der Waals surface area contributed by atoms with E-state index >= 15 is 0 Å². The van der Waals surface area contributed by atoms with Crippen LogP contribution in [0.5, 0.6) is 0 Å². The number of para-hydroxylation sites is 1. The van der Waals surface area contributed by atoms with Crippen molar-refractivity contribution in [3.63, 3.8) is 0 Å². The lowest BCUT2D eigenvalue weighted by atomic mass is 9.85. The lowest BCUT2D eigenvalue weighted by molar-refractivity contribution is -0.120. The lowest BCUT2D eigenvalue weighted by Gasteiger charge is -2.21. The highest BCUT2D eigenvalue weighted by Crippen LogP contribution is 2.27. The van der Waals surface area contributed by atoms with Crippen molar-refractivity contribution >= 4 is 17.4 Å². The van der Waals surface area contributed by atoms with Gasteiger partial charge in [-0.25, -0.2) is 0 Å². The highest BCUT2D eigenvalue weighted by molar-refractivity contribution is 6.06. The van der Waals surface area contributed by atoms with Crippen molar-refractivity contribution in [2.45, 2.75) is 64.7 Å². The Hall–Kier alpha value is -2.42. The fourth-order valence-corrected chi connectivity index (χ4v) is 3.86. The molecule has 1 aliphatic rings. The number of ketones is 1. The van der Waals surface area contributed by atoms with Crippen LogP contribution < -0.4 is 5.32 Å². The SMILES string of the molecule is CC(C)(C)c1cccc(CC(=O)c2ccccc2NC(=O)C2CCCCC2)c1. The number of benzene rings is 2. The van der Waals surface area contributed by atoms with Gasteiger partial charge in [0.2, 0.25) is 5.91 Å². The molecule has 3 heteroatoms. The van der Waals surface area contributed by atoms with E-state index in [4.69, 9.17) is 0 Å². The first kappa shape index (κ1) is 20.3. The zero-order chi connectivity index (χ0) is 20.1. The summed E-state index contributed by atoms with van der Waals surface area (Å²) in [6, 6.07) is 15.6. The normalized spacial score (nSPS) is 15.2. The average Bonchev–Trinajstić information content (AvgIpc) is 2.68. The predicted molar refractivity (Wildman–Crippen MR) is 115 cm³/mol. The Morgan fingerprint density at radius 3 is 2.39 bits per heavy atom. The van der Waals surface area contributed by atoms with Gasteiger partial charge in [-0.2, -0.15) is 0 Å². The predicted octanol–water partition coefficient (Wildman–Crippen LogP) is 5.93. The summed E-state index contributed by atoms with van der Waals surface area (Å²) in [5, 5.41) is 3.02. The summed E-state index contributed by atoms with van der Waals surface area (Å²) in [6.45, 7) is 6.51. The van der Waals surface area contributed by atoms with Gasteiger partial charge >= 0.3 is 0 Å². The van der Waals surface area contributed by atoms with Crippen molar-refractivity contribution in [2.75, 3.05) is 5.32 Å². The second-order valence-electron chi connectivity index (χ2n) is 8.92. The van der Waals surface area contributed by atoms with Gasteiger partial charge in [0.15, 0.2) is 5.78 Å². The molecule has 28 heavy (non-hydrogen) atoms. The van der Waals surface area contributed by atoms with Gasteiger partial charge in [-0.15, -0.1) is 0 Å². The summed E-state index contributed by atoms with van der Waals surface area (Å²) in [4.78, 5) is 25.6. The van der Waals surface area contributed by atoms with Crippen LogP contribution in [0.4, 0.5) is 5.69 Å². The van der Waals surface area contributed by atoms with Crippen molar-refractivity contribution in [3.05, 3.63) is 65.2 Å². The number of nitrogens with one attached hydrogen (secondary N) is 1. The third-order valence-corrected chi connectivity index (χ3v) is 5.62. The fourth-order valence-electron chi connectivity index (χ4n) is 3.86. The van der Waals surface area contributed by atoms with Crippen LogP contribution in [-0.2, 0) is 16.6 Å². The van der Waals surface area contributed by atoms with Gasteiger partial charge in [0, 0.05) is 17.9 Å². The van der Waals surface area contributed by atoms with Crippen LogP contribution in [0.3, 0.4) is 0 Å². The molecule has 0 radical (unpaired) electrons. The standard InChI is InChI=1S/C25H31NO2/c1-25(2,3)20-13-9-10-18(16-20)17-23(27)21-14-7-8-15-22(21)26-24(28)19-11-5-4-6-12-19/h7-10,13-16,19H,4-6,11-12,17H2,1-3H3,(H,26,28). The van der Waals surface area contributed by atoms with Crippen LogP contribution in [0.15, 0.2) is 48.5 Å². The quantitative estimate of drug-likeness (QED) is 0.657. The number of carbonyl (C=O) groups is 2. The van der Waals surface area contributed by atoms with Gasteiger partial charge in [-0.1, -0.05) is 76.4 Å². The largest absolute Gasteiger partial charge is 0.325 e. The van der Waals surface area contributed by atoms with E-state index in [1.165, 1.54) is 12.0 Å². The Balaban J connectivity index is 1.75. The van der Waals surface area contributed by atoms with Crippen molar-refractivity contribution in [1.82, 2.24) is 0 Å². The molecular weight excluding hydrogens is 346 g/mol. The van der Waals surface area contributed by atoms with E-state index in [0.717, 1.165) is 31.2 Å². The number of Topliss-reactive ketones (excluding diaryl/α,β-unsaturated/α-hetero) is 1. The molecule has 1 saturated carbocycles. The van der Waals surface area contributed by atoms with Crippen molar-refractivity contribution in [3.8, 4) is 0 Å². The van der Waals surface area contributed by atoms with Crippen molar-refractivity contribution in [2.24, 2.45) is 5.92 Å². The van der Waals surface area contributed by atoms with Gasteiger partial charge in [0.1, 0.15) is 0 Å². The molecule has 0 bridgehead atoms. The summed E-state index contributed by atoms with van der Waals surface area (Å²) >= 11 is 0. The molecular formula is C25H31NO2. The number of hydrogen-bond donors (Lipinski definition) is 1. The average molecular weight is 378 g/mol. The summed E-state index contributed by atoms with van der Waals surface area (Å²) in [5.74, 6) is 0.153. The molecule has 0 saturated heterocycles. The van der Waals surface area contributed by atoms with Crippen LogP contribution in [0, 0.1) is 5.92 Å². The number of hydrogen-bond acceptors (Lipinski definition) is 2. The van der Waals surface area contributed by atoms with Crippen LogP contribution in [0.25, 0.3) is 0 Å². The highest BCUT2D eigenvalue weighted by Gasteiger charge is 2.23. The minimum atomic E-state index is 0.0330. The van der Waals surface area contributed by atoms with Gasteiger partial charge in [0.25, 0.3) is 0 Å². The number of anilines is 1. The molecule has 1 fully saturated rings. The third kappa shape index (κ3) is 5.09. The van der Waals surface area contributed by atoms with Gasteiger partial charge in [0.05, 0.1) is 5.69 Å². The number of amides is 1. The Morgan fingerprint density at radius 1 is 0.964 bits per heavy atom. The Labute approximate surface area is 168 Å². The molecule has 3 rings (SSSR count). The lowest BCUT2D eigenvalue weighted by Crippen LogP contribution is -2.25. The Morgan fingerprint density at radius 2 is 1.68 bits per heavy atom. The Bertz CT molecular complexity index is 842. The first-order valence-corrected chi connectivity index (χ1v) is 10.4. The second kappa shape index (κ2) is 8.72. The summed E-state index contributed by atoms with van der Waals surface area (Å²) in [5.41, 5.74) is 3.50. The van der Waals surface area contributed by atoms with Crippen LogP contribution >= 0.6 is 0 Å². The van der Waals surface area contributed by atoms with E-state index in [1.54, 1.807) is 0 Å². The molecule has 1 amide bonds.